The summed E-state index contributed by atoms with van der Waals surface area (Å²) >= 11 is 5.07. The Morgan fingerprint density at radius 3 is 2.35 bits per heavy atom. The second-order valence-corrected chi connectivity index (χ2v) is 6.47. The van der Waals surface area contributed by atoms with E-state index < -0.39 is 0 Å². The Morgan fingerprint density at radius 2 is 1.73 bits per heavy atom. The van der Waals surface area contributed by atoms with E-state index in [1.807, 2.05) is 38.1 Å². The summed E-state index contributed by atoms with van der Waals surface area (Å²) in [4.78, 5) is 13.2. The van der Waals surface area contributed by atoms with Crippen molar-refractivity contribution in [2.75, 3.05) is 13.2 Å². The monoisotopic (exact) mass is 370 g/mol. The van der Waals surface area contributed by atoms with Gasteiger partial charge in [-0.3, -0.25) is 4.79 Å². The predicted octanol–water partition coefficient (Wildman–Crippen LogP) is 5.13. The van der Waals surface area contributed by atoms with Crippen LogP contribution in [0.3, 0.4) is 0 Å². The van der Waals surface area contributed by atoms with Crippen LogP contribution in [0, 0.1) is 5.92 Å². The number of ether oxygens (including phenoxy) is 2. The van der Waals surface area contributed by atoms with Crippen molar-refractivity contribution in [3.8, 4) is 11.5 Å². The maximum atomic E-state index is 12.4. The Bertz CT molecular complexity index is 728. The molecule has 4 heteroatoms. The van der Waals surface area contributed by atoms with Crippen LogP contribution in [0.25, 0.3) is 6.08 Å². The number of thiocarbonyl (C=S) groups is 1. The molecule has 26 heavy (non-hydrogen) atoms. The van der Waals surface area contributed by atoms with E-state index in [4.69, 9.17) is 21.7 Å². The molecule has 2 rings (SSSR count). The van der Waals surface area contributed by atoms with Crippen molar-refractivity contribution in [2.45, 2.75) is 33.6 Å². The molecular formula is C22H26O3S. The van der Waals surface area contributed by atoms with Crippen molar-refractivity contribution < 1.29 is 14.3 Å². The molecule has 0 N–H and O–H groups in total. The topological polar surface area (TPSA) is 35.5 Å². The number of allylic oxidation sites excluding steroid dienone is 5. The summed E-state index contributed by atoms with van der Waals surface area (Å²) in [6.45, 7) is 7.22. The van der Waals surface area contributed by atoms with Crippen molar-refractivity contribution in [2.24, 2.45) is 5.92 Å². The van der Waals surface area contributed by atoms with Crippen LogP contribution in [0.4, 0.5) is 0 Å². The summed E-state index contributed by atoms with van der Waals surface area (Å²) in [5, 5.41) is 0. The van der Waals surface area contributed by atoms with Gasteiger partial charge in [-0.05, 0) is 56.2 Å². The van der Waals surface area contributed by atoms with Crippen molar-refractivity contribution >= 4 is 28.9 Å². The van der Waals surface area contributed by atoms with Crippen molar-refractivity contribution in [3.05, 3.63) is 53.6 Å². The zero-order valence-corrected chi connectivity index (χ0v) is 16.5. The third-order valence-corrected chi connectivity index (χ3v) is 4.28. The van der Waals surface area contributed by atoms with Gasteiger partial charge in [-0.2, -0.15) is 0 Å². The van der Waals surface area contributed by atoms with E-state index in [-0.39, 0.29) is 11.7 Å². The van der Waals surface area contributed by atoms with Gasteiger partial charge in [0.1, 0.15) is 11.5 Å². The zero-order chi connectivity index (χ0) is 18.9. The van der Waals surface area contributed by atoms with Crippen LogP contribution in [-0.4, -0.2) is 23.9 Å². The molecule has 0 atom stereocenters. The smallest absolute Gasteiger partial charge is 0.166 e. The van der Waals surface area contributed by atoms with Gasteiger partial charge in [-0.15, -0.1) is 0 Å². The maximum Gasteiger partial charge on any atom is 0.166 e. The third kappa shape index (κ3) is 5.40. The molecule has 0 amide bonds. The number of ketones is 1. The van der Waals surface area contributed by atoms with E-state index in [0.29, 0.717) is 13.2 Å². The van der Waals surface area contributed by atoms with Crippen LogP contribution < -0.4 is 9.47 Å². The van der Waals surface area contributed by atoms with Crippen LogP contribution in [0.1, 0.15) is 38.3 Å². The van der Waals surface area contributed by atoms with Gasteiger partial charge in [-0.25, -0.2) is 0 Å². The minimum absolute atomic E-state index is 0.0216. The Kier molecular flexibility index (Phi) is 7.79. The van der Waals surface area contributed by atoms with Crippen LogP contribution in [-0.2, 0) is 11.2 Å². The lowest BCUT2D eigenvalue weighted by molar-refractivity contribution is -0.115. The molecule has 1 aliphatic carbocycles. The Balaban J connectivity index is 2.29. The van der Waals surface area contributed by atoms with E-state index >= 15 is 0 Å². The lowest BCUT2D eigenvalue weighted by Gasteiger charge is -2.15. The zero-order valence-electron chi connectivity index (χ0n) is 15.7. The number of carbonyl (C=O) groups is 1. The summed E-state index contributed by atoms with van der Waals surface area (Å²) in [6, 6.07) is 3.99. The first-order valence-electron chi connectivity index (χ1n) is 9.13. The van der Waals surface area contributed by atoms with E-state index in [1.165, 1.54) is 0 Å². The highest BCUT2D eigenvalue weighted by Crippen LogP contribution is 2.31. The predicted molar refractivity (Wildman–Crippen MR) is 111 cm³/mol. The fourth-order valence-corrected chi connectivity index (χ4v) is 2.94. The summed E-state index contributed by atoms with van der Waals surface area (Å²) in [6.07, 6.45) is 12.6. The first kappa shape index (κ1) is 20.1. The SMILES string of the molecule is CCCc1cc(/C=C/C(=O)C2C=CC(=S)C=C2)c(OCC)cc1OCC. The van der Waals surface area contributed by atoms with E-state index in [0.717, 1.165) is 40.3 Å². The molecule has 0 fully saturated rings. The average Bonchev–Trinajstić information content (AvgIpc) is 2.63. The minimum atomic E-state index is -0.258. The van der Waals surface area contributed by atoms with Crippen molar-refractivity contribution in [1.29, 1.82) is 0 Å². The highest BCUT2D eigenvalue weighted by molar-refractivity contribution is 7.81. The Labute approximate surface area is 161 Å². The first-order valence-corrected chi connectivity index (χ1v) is 9.54. The molecule has 1 aromatic rings. The molecule has 0 saturated carbocycles. The lowest BCUT2D eigenvalue weighted by Crippen LogP contribution is -2.09. The Hall–Kier alpha value is -2.20. The molecule has 0 spiro atoms. The number of rotatable bonds is 9. The highest BCUT2D eigenvalue weighted by atomic mass is 32.1. The second-order valence-electron chi connectivity index (χ2n) is 6.00. The van der Waals surface area contributed by atoms with Gasteiger partial charge in [0.2, 0.25) is 0 Å². The lowest BCUT2D eigenvalue weighted by atomic mass is 9.97. The van der Waals surface area contributed by atoms with Gasteiger partial charge in [-0.1, -0.05) is 37.7 Å². The largest absolute Gasteiger partial charge is 0.493 e. The van der Waals surface area contributed by atoms with Crippen molar-refractivity contribution in [1.82, 2.24) is 0 Å². The molecule has 0 heterocycles. The van der Waals surface area contributed by atoms with Gasteiger partial charge >= 0.3 is 0 Å². The third-order valence-electron chi connectivity index (χ3n) is 4.00. The quantitative estimate of drug-likeness (QED) is 0.446. The van der Waals surface area contributed by atoms with Crippen LogP contribution in [0.5, 0.6) is 11.5 Å². The molecule has 3 nitrogen and oxygen atoms in total. The summed E-state index contributed by atoms with van der Waals surface area (Å²) < 4.78 is 11.5. The molecule has 138 valence electrons. The highest BCUT2D eigenvalue weighted by Gasteiger charge is 2.14. The second kappa shape index (κ2) is 10.1. The normalized spacial score (nSPS) is 14.2. The van der Waals surface area contributed by atoms with Gasteiger partial charge in [0.25, 0.3) is 0 Å². The molecule has 0 radical (unpaired) electrons. The number of hydrogen-bond donors (Lipinski definition) is 0. The van der Waals surface area contributed by atoms with Crippen LogP contribution in [0.2, 0.25) is 0 Å². The van der Waals surface area contributed by atoms with Gasteiger partial charge in [0, 0.05) is 16.5 Å². The molecule has 0 aromatic heterocycles. The molecule has 0 bridgehead atoms. The summed E-state index contributed by atoms with van der Waals surface area (Å²) in [5.74, 6) is 1.35. The van der Waals surface area contributed by atoms with Crippen LogP contribution in [0.15, 0.2) is 42.5 Å². The summed E-state index contributed by atoms with van der Waals surface area (Å²) in [7, 11) is 0. The molecule has 0 saturated heterocycles. The fourth-order valence-electron chi connectivity index (χ4n) is 2.78. The summed E-state index contributed by atoms with van der Waals surface area (Å²) in [5.41, 5.74) is 2.03. The van der Waals surface area contributed by atoms with E-state index in [9.17, 15) is 4.79 Å². The number of aryl methyl sites for hydroxylation is 1. The molecule has 1 aromatic carbocycles. The standard InChI is InChI=1S/C22H26O3S/c1-4-7-17-14-18(22(25-6-3)15-21(17)24-5-2)10-13-20(23)16-8-11-19(26)12-9-16/h8-16H,4-7H2,1-3H3/b13-10+. The molecule has 0 unspecified atom stereocenters. The number of hydrogen-bond acceptors (Lipinski definition) is 4. The van der Waals surface area contributed by atoms with Gasteiger partial charge in [0.15, 0.2) is 5.78 Å². The fraction of sp³-hybridized carbons (Fsp3) is 0.364. The minimum Gasteiger partial charge on any atom is -0.493 e. The van der Waals surface area contributed by atoms with E-state index in [1.54, 1.807) is 18.2 Å². The van der Waals surface area contributed by atoms with Gasteiger partial charge < -0.3 is 9.47 Å². The number of benzene rings is 1. The average molecular weight is 371 g/mol. The molecule has 1 aliphatic rings. The number of carbonyl (C=O) groups excluding carboxylic acids is 1. The first-order chi connectivity index (χ1) is 12.6. The molecule has 0 aliphatic heterocycles. The van der Waals surface area contributed by atoms with Crippen molar-refractivity contribution in [3.63, 3.8) is 0 Å². The molecular weight excluding hydrogens is 344 g/mol. The Morgan fingerprint density at radius 1 is 1.08 bits per heavy atom. The van der Waals surface area contributed by atoms with E-state index in [2.05, 4.69) is 13.0 Å². The van der Waals surface area contributed by atoms with Crippen LogP contribution >= 0.6 is 12.2 Å². The van der Waals surface area contributed by atoms with Gasteiger partial charge in [0.05, 0.1) is 19.1 Å². The maximum absolute atomic E-state index is 12.4.